The average molecular weight is 399 g/mol. The number of hydrogen-bond acceptors (Lipinski definition) is 5. The molecule has 7 heteroatoms. The number of fused-ring (bicyclic) bond motifs is 1. The fraction of sp³-hybridized carbons (Fsp3) is 0.409. The second-order valence-electron chi connectivity index (χ2n) is 7.19. The summed E-state index contributed by atoms with van der Waals surface area (Å²) < 4.78 is 10.6. The SMILES string of the molecule is CCCCC(CC)COC(=O)c1ccc2c(c1)[nH]n2Nc1ccc(OC)cc1O. The largest absolute Gasteiger partial charge is 0.506 e. The van der Waals surface area contributed by atoms with Crippen molar-refractivity contribution in [1.29, 1.82) is 0 Å². The van der Waals surface area contributed by atoms with Crippen molar-refractivity contribution in [2.45, 2.75) is 39.5 Å². The predicted octanol–water partition coefficient (Wildman–Crippen LogP) is 4.93. The molecule has 3 N–H and O–H groups in total. The molecule has 7 nitrogen and oxygen atoms in total. The number of benzene rings is 2. The first-order valence-corrected chi connectivity index (χ1v) is 10.1. The highest BCUT2D eigenvalue weighted by molar-refractivity contribution is 5.94. The minimum Gasteiger partial charge on any atom is -0.506 e. The molecule has 0 saturated carbocycles. The van der Waals surface area contributed by atoms with E-state index in [9.17, 15) is 9.90 Å². The van der Waals surface area contributed by atoms with E-state index in [1.807, 2.05) is 6.07 Å². The molecule has 29 heavy (non-hydrogen) atoms. The lowest BCUT2D eigenvalue weighted by atomic mass is 10.0. The molecule has 0 aliphatic heterocycles. The molecule has 0 aliphatic rings. The number of aromatic nitrogens is 2. The summed E-state index contributed by atoms with van der Waals surface area (Å²) >= 11 is 0. The number of phenols is 1. The Bertz CT molecular complexity index is 960. The van der Waals surface area contributed by atoms with E-state index in [4.69, 9.17) is 9.47 Å². The van der Waals surface area contributed by atoms with Gasteiger partial charge in [0.25, 0.3) is 0 Å². The van der Waals surface area contributed by atoms with Crippen LogP contribution in [0.25, 0.3) is 11.0 Å². The van der Waals surface area contributed by atoms with Crippen LogP contribution in [0.15, 0.2) is 36.4 Å². The number of rotatable bonds is 10. The standard InChI is InChI=1S/C22H29N3O4/c1-4-6-7-15(5-2)14-29-22(27)16-8-11-20-19(12-16)24-25(20)23-18-10-9-17(28-3)13-21(18)26/h8-13,15,23-24,26H,4-7,14H2,1-3H3. The van der Waals surface area contributed by atoms with Crippen LogP contribution in [-0.2, 0) is 4.74 Å². The van der Waals surface area contributed by atoms with Crippen molar-refractivity contribution in [3.63, 3.8) is 0 Å². The number of aromatic amines is 1. The van der Waals surface area contributed by atoms with Crippen LogP contribution in [0.4, 0.5) is 5.69 Å². The molecule has 1 atom stereocenters. The van der Waals surface area contributed by atoms with Gasteiger partial charge in [0.15, 0.2) is 0 Å². The number of carbonyl (C=O) groups is 1. The molecule has 3 aromatic rings. The van der Waals surface area contributed by atoms with Crippen LogP contribution in [0, 0.1) is 5.92 Å². The van der Waals surface area contributed by atoms with Gasteiger partial charge in [-0.3, -0.25) is 10.5 Å². The van der Waals surface area contributed by atoms with Gasteiger partial charge in [0.1, 0.15) is 17.0 Å². The molecule has 0 fully saturated rings. The lowest BCUT2D eigenvalue weighted by molar-refractivity contribution is 0.0428. The number of esters is 1. The fourth-order valence-corrected chi connectivity index (χ4v) is 3.19. The summed E-state index contributed by atoms with van der Waals surface area (Å²) in [6.45, 7) is 4.76. The number of unbranched alkanes of at least 4 members (excludes halogenated alkanes) is 1. The maximum atomic E-state index is 12.4. The van der Waals surface area contributed by atoms with Crippen LogP contribution in [0.3, 0.4) is 0 Å². The van der Waals surface area contributed by atoms with Gasteiger partial charge in [-0.25, -0.2) is 4.79 Å². The van der Waals surface area contributed by atoms with Crippen molar-refractivity contribution in [2.75, 3.05) is 19.1 Å². The number of ether oxygens (including phenoxy) is 2. The highest BCUT2D eigenvalue weighted by Crippen LogP contribution is 2.29. The smallest absolute Gasteiger partial charge is 0.338 e. The van der Waals surface area contributed by atoms with Crippen molar-refractivity contribution in [2.24, 2.45) is 5.92 Å². The van der Waals surface area contributed by atoms with Gasteiger partial charge >= 0.3 is 5.97 Å². The highest BCUT2D eigenvalue weighted by Gasteiger charge is 2.15. The summed E-state index contributed by atoms with van der Waals surface area (Å²) in [7, 11) is 1.55. The minimum absolute atomic E-state index is 0.0772. The number of anilines is 1. The van der Waals surface area contributed by atoms with Crippen molar-refractivity contribution in [3.8, 4) is 11.5 Å². The first-order valence-electron chi connectivity index (χ1n) is 10.1. The average Bonchev–Trinajstić information content (AvgIpc) is 2.72. The summed E-state index contributed by atoms with van der Waals surface area (Å²) in [5.41, 5.74) is 5.81. The van der Waals surface area contributed by atoms with Crippen molar-refractivity contribution >= 4 is 22.7 Å². The van der Waals surface area contributed by atoms with Gasteiger partial charge in [-0.15, -0.1) is 0 Å². The first-order chi connectivity index (χ1) is 14.0. The van der Waals surface area contributed by atoms with E-state index in [1.54, 1.807) is 36.2 Å². The Kier molecular flexibility index (Phi) is 6.69. The molecule has 0 spiro atoms. The molecule has 156 valence electrons. The van der Waals surface area contributed by atoms with Crippen LogP contribution < -0.4 is 10.2 Å². The zero-order valence-electron chi connectivity index (χ0n) is 17.2. The second-order valence-corrected chi connectivity index (χ2v) is 7.19. The van der Waals surface area contributed by atoms with E-state index < -0.39 is 0 Å². The van der Waals surface area contributed by atoms with Crippen LogP contribution in [0.2, 0.25) is 0 Å². The molecular formula is C22H29N3O4. The molecule has 2 aromatic carbocycles. The molecule has 3 rings (SSSR count). The monoisotopic (exact) mass is 399 g/mol. The molecule has 0 radical (unpaired) electrons. The fourth-order valence-electron chi connectivity index (χ4n) is 3.19. The van der Waals surface area contributed by atoms with E-state index in [-0.39, 0.29) is 11.7 Å². The Morgan fingerprint density at radius 2 is 2.07 bits per heavy atom. The molecule has 1 heterocycles. The van der Waals surface area contributed by atoms with E-state index in [0.717, 1.165) is 36.7 Å². The number of hydrogen-bond donors (Lipinski definition) is 3. The zero-order valence-corrected chi connectivity index (χ0v) is 17.2. The molecule has 0 amide bonds. The normalized spacial score (nSPS) is 12.1. The van der Waals surface area contributed by atoms with Gasteiger partial charge in [-0.2, -0.15) is 4.79 Å². The molecule has 1 unspecified atom stereocenters. The van der Waals surface area contributed by atoms with E-state index in [1.165, 1.54) is 6.07 Å². The van der Waals surface area contributed by atoms with Crippen molar-refractivity contribution in [3.05, 3.63) is 42.0 Å². The molecule has 0 saturated heterocycles. The summed E-state index contributed by atoms with van der Waals surface area (Å²) in [5, 5.41) is 13.2. The zero-order chi connectivity index (χ0) is 20.8. The molecule has 0 aliphatic carbocycles. The summed E-state index contributed by atoms with van der Waals surface area (Å²) in [6.07, 6.45) is 4.41. The number of carbonyl (C=O) groups excluding carboxylic acids is 1. The Hall–Kier alpha value is -3.09. The predicted molar refractivity (Wildman–Crippen MR) is 114 cm³/mol. The third-order valence-electron chi connectivity index (χ3n) is 5.14. The van der Waals surface area contributed by atoms with Crippen LogP contribution in [0.1, 0.15) is 49.9 Å². The van der Waals surface area contributed by atoms with Gasteiger partial charge < -0.3 is 14.6 Å². The Labute approximate surface area is 170 Å². The molecule has 1 aromatic heterocycles. The summed E-state index contributed by atoms with van der Waals surface area (Å²) in [6, 6.07) is 10.4. The Morgan fingerprint density at radius 1 is 1.24 bits per heavy atom. The lowest BCUT2D eigenvalue weighted by Gasteiger charge is -2.20. The number of phenolic OH excluding ortho intramolecular Hbond substituents is 1. The first kappa shape index (κ1) is 20.6. The molecule has 0 bridgehead atoms. The molecular weight excluding hydrogens is 370 g/mol. The number of H-pyrrole nitrogens is 1. The quantitative estimate of drug-likeness (QED) is 0.332. The summed E-state index contributed by atoms with van der Waals surface area (Å²) in [4.78, 5) is 14.1. The Morgan fingerprint density at radius 3 is 2.72 bits per heavy atom. The van der Waals surface area contributed by atoms with Gasteiger partial charge in [0.05, 0.1) is 30.5 Å². The van der Waals surface area contributed by atoms with Crippen molar-refractivity contribution < 1.29 is 19.4 Å². The summed E-state index contributed by atoms with van der Waals surface area (Å²) in [5.74, 6) is 0.769. The topological polar surface area (TPSA) is 88.5 Å². The van der Waals surface area contributed by atoms with Crippen LogP contribution in [-0.4, -0.2) is 34.7 Å². The van der Waals surface area contributed by atoms with E-state index >= 15 is 0 Å². The number of methoxy groups -OCH3 is 1. The minimum atomic E-state index is -0.302. The third-order valence-corrected chi connectivity index (χ3v) is 5.14. The number of nitrogens with zero attached hydrogens (tertiary/aromatic N) is 1. The lowest BCUT2D eigenvalue weighted by Crippen LogP contribution is -2.19. The van der Waals surface area contributed by atoms with Gasteiger partial charge in [-0.05, 0) is 42.7 Å². The maximum Gasteiger partial charge on any atom is 0.338 e. The van der Waals surface area contributed by atoms with Gasteiger partial charge in [0.2, 0.25) is 0 Å². The van der Waals surface area contributed by atoms with E-state index in [2.05, 4.69) is 24.4 Å². The van der Waals surface area contributed by atoms with Crippen LogP contribution in [0.5, 0.6) is 11.5 Å². The van der Waals surface area contributed by atoms with Crippen molar-refractivity contribution in [1.82, 2.24) is 9.89 Å². The van der Waals surface area contributed by atoms with E-state index in [0.29, 0.717) is 29.5 Å². The van der Waals surface area contributed by atoms with Gasteiger partial charge in [0, 0.05) is 6.07 Å². The second kappa shape index (κ2) is 9.41. The third kappa shape index (κ3) is 4.85. The van der Waals surface area contributed by atoms with Gasteiger partial charge in [-0.1, -0.05) is 33.1 Å². The number of aromatic hydroxyl groups is 1. The maximum absolute atomic E-state index is 12.4. The highest BCUT2D eigenvalue weighted by atomic mass is 16.5. The van der Waals surface area contributed by atoms with Crippen LogP contribution >= 0.6 is 0 Å². The Balaban J connectivity index is 1.63. The number of nitrogens with one attached hydrogen (secondary N) is 2.